The van der Waals surface area contributed by atoms with Crippen LogP contribution in [0.4, 0.5) is 0 Å². The third-order valence-corrected chi connectivity index (χ3v) is 4.54. The minimum Gasteiger partial charge on any atom is -0.326 e. The lowest BCUT2D eigenvalue weighted by molar-refractivity contribution is 1.08. The van der Waals surface area contributed by atoms with E-state index in [1.807, 2.05) is 23.1 Å². The van der Waals surface area contributed by atoms with E-state index in [4.69, 9.17) is 5.73 Å². The third kappa shape index (κ3) is 2.54. The van der Waals surface area contributed by atoms with Gasteiger partial charge in [-0.1, -0.05) is 13.0 Å². The highest BCUT2D eigenvalue weighted by Crippen LogP contribution is 2.29. The van der Waals surface area contributed by atoms with Crippen molar-refractivity contribution in [3.05, 3.63) is 34.7 Å². The van der Waals surface area contributed by atoms with E-state index in [1.165, 1.54) is 26.3 Å². The van der Waals surface area contributed by atoms with E-state index in [1.54, 1.807) is 0 Å². The van der Waals surface area contributed by atoms with Gasteiger partial charge >= 0.3 is 0 Å². The molecule has 2 rings (SSSR count). The van der Waals surface area contributed by atoms with E-state index in [9.17, 15) is 0 Å². The van der Waals surface area contributed by atoms with Gasteiger partial charge < -0.3 is 5.73 Å². The monoisotopic (exact) mass is 237 g/mol. The molecule has 0 saturated heterocycles. The first kappa shape index (κ1) is 11.0. The Morgan fingerprint density at radius 3 is 2.93 bits per heavy atom. The molecule has 0 aliphatic heterocycles. The number of thioether (sulfide) groups is 1. The van der Waals surface area contributed by atoms with E-state index in [2.05, 4.69) is 31.2 Å². The summed E-state index contributed by atoms with van der Waals surface area (Å²) in [5.74, 6) is 2.32. The first-order valence-corrected chi connectivity index (χ1v) is 7.09. The molecule has 0 fully saturated rings. The summed E-state index contributed by atoms with van der Waals surface area (Å²) in [6.45, 7) is 2.83. The van der Waals surface area contributed by atoms with Crippen LogP contribution in [0.5, 0.6) is 0 Å². The maximum Gasteiger partial charge on any atom is 0.0346 e. The van der Waals surface area contributed by atoms with Crippen molar-refractivity contribution in [3.8, 4) is 0 Å². The maximum absolute atomic E-state index is 5.63. The van der Waals surface area contributed by atoms with Crippen LogP contribution in [0.25, 0.3) is 10.1 Å². The topological polar surface area (TPSA) is 26.0 Å². The number of nitrogens with two attached hydrogens (primary N) is 1. The summed E-state index contributed by atoms with van der Waals surface area (Å²) in [6, 6.07) is 8.80. The van der Waals surface area contributed by atoms with Gasteiger partial charge in [-0.05, 0) is 34.9 Å². The predicted octanol–water partition coefficient (Wildman–Crippen LogP) is 3.61. The van der Waals surface area contributed by atoms with Crippen molar-refractivity contribution in [3.63, 3.8) is 0 Å². The van der Waals surface area contributed by atoms with Gasteiger partial charge in [0.15, 0.2) is 0 Å². The normalized spacial score (nSPS) is 11.1. The number of rotatable bonds is 4. The molecule has 3 heteroatoms. The van der Waals surface area contributed by atoms with Gasteiger partial charge in [0.1, 0.15) is 0 Å². The summed E-state index contributed by atoms with van der Waals surface area (Å²) in [6.07, 6.45) is 0. The van der Waals surface area contributed by atoms with Crippen molar-refractivity contribution in [1.82, 2.24) is 0 Å². The van der Waals surface area contributed by atoms with E-state index >= 15 is 0 Å². The number of fused-ring (bicyclic) bond motifs is 1. The van der Waals surface area contributed by atoms with Gasteiger partial charge in [0, 0.05) is 21.9 Å². The smallest absolute Gasteiger partial charge is 0.0346 e. The summed E-state index contributed by atoms with van der Waals surface area (Å²) in [4.78, 5) is 1.46. The Labute approximate surface area is 98.7 Å². The summed E-state index contributed by atoms with van der Waals surface area (Å²) in [5, 5.41) is 1.34. The van der Waals surface area contributed by atoms with Crippen LogP contribution < -0.4 is 5.73 Å². The van der Waals surface area contributed by atoms with Gasteiger partial charge in [0.25, 0.3) is 0 Å². The van der Waals surface area contributed by atoms with Crippen LogP contribution in [-0.4, -0.2) is 5.75 Å². The quantitative estimate of drug-likeness (QED) is 0.879. The predicted molar refractivity (Wildman–Crippen MR) is 71.6 cm³/mol. The number of benzene rings is 1. The maximum atomic E-state index is 5.63. The van der Waals surface area contributed by atoms with Crippen molar-refractivity contribution < 1.29 is 0 Å². The Balaban J connectivity index is 2.29. The summed E-state index contributed by atoms with van der Waals surface area (Å²) in [7, 11) is 0. The molecule has 1 nitrogen and oxygen atoms in total. The largest absolute Gasteiger partial charge is 0.326 e. The molecule has 0 aliphatic carbocycles. The zero-order chi connectivity index (χ0) is 10.7. The molecule has 0 amide bonds. The second-order valence-corrected chi connectivity index (χ2v) is 5.87. The van der Waals surface area contributed by atoms with Crippen LogP contribution in [0.2, 0.25) is 0 Å². The van der Waals surface area contributed by atoms with Gasteiger partial charge in [-0.2, -0.15) is 11.8 Å². The summed E-state index contributed by atoms with van der Waals surface area (Å²) < 4.78 is 1.37. The van der Waals surface area contributed by atoms with E-state index in [0.717, 1.165) is 5.75 Å². The molecule has 0 radical (unpaired) electrons. The molecular formula is C12H15NS2. The van der Waals surface area contributed by atoms with Crippen molar-refractivity contribution in [2.45, 2.75) is 19.2 Å². The van der Waals surface area contributed by atoms with Crippen molar-refractivity contribution in [1.29, 1.82) is 0 Å². The highest BCUT2D eigenvalue weighted by atomic mass is 32.2. The van der Waals surface area contributed by atoms with Gasteiger partial charge in [0.05, 0.1) is 0 Å². The Bertz CT molecular complexity index is 448. The standard InChI is InChI=1S/C12H15NS2/c1-2-14-8-11-6-10-5-9(7-13)3-4-12(10)15-11/h3-6H,2,7-8,13H2,1H3. The fourth-order valence-corrected chi connectivity index (χ4v) is 3.36. The van der Waals surface area contributed by atoms with Gasteiger partial charge in [-0.25, -0.2) is 0 Å². The first-order valence-electron chi connectivity index (χ1n) is 5.12. The molecule has 0 bridgehead atoms. The third-order valence-electron chi connectivity index (χ3n) is 2.32. The van der Waals surface area contributed by atoms with Crippen LogP contribution in [-0.2, 0) is 12.3 Å². The average Bonchev–Trinajstić information content (AvgIpc) is 2.67. The molecule has 0 aliphatic rings. The molecule has 1 heterocycles. The minimum absolute atomic E-state index is 0.630. The summed E-state index contributed by atoms with van der Waals surface area (Å²) >= 11 is 3.87. The number of hydrogen-bond acceptors (Lipinski definition) is 3. The van der Waals surface area contributed by atoms with Crippen LogP contribution in [0.15, 0.2) is 24.3 Å². The van der Waals surface area contributed by atoms with E-state index < -0.39 is 0 Å². The van der Waals surface area contributed by atoms with Crippen molar-refractivity contribution in [2.24, 2.45) is 5.73 Å². The van der Waals surface area contributed by atoms with E-state index in [-0.39, 0.29) is 0 Å². The van der Waals surface area contributed by atoms with Gasteiger partial charge in [-0.15, -0.1) is 11.3 Å². The van der Waals surface area contributed by atoms with Crippen LogP contribution >= 0.6 is 23.1 Å². The molecule has 0 unspecified atom stereocenters. The summed E-state index contributed by atoms with van der Waals surface area (Å²) in [5.41, 5.74) is 6.84. The Morgan fingerprint density at radius 2 is 2.20 bits per heavy atom. The van der Waals surface area contributed by atoms with Crippen LogP contribution in [0.1, 0.15) is 17.4 Å². The van der Waals surface area contributed by atoms with Crippen molar-refractivity contribution >= 4 is 33.2 Å². The second kappa shape index (κ2) is 5.01. The Morgan fingerprint density at radius 1 is 1.33 bits per heavy atom. The minimum atomic E-state index is 0.630. The fraction of sp³-hybridized carbons (Fsp3) is 0.333. The average molecular weight is 237 g/mol. The van der Waals surface area contributed by atoms with Gasteiger partial charge in [-0.3, -0.25) is 0 Å². The second-order valence-electron chi connectivity index (χ2n) is 3.43. The zero-order valence-electron chi connectivity index (χ0n) is 8.82. The highest BCUT2D eigenvalue weighted by molar-refractivity contribution is 7.98. The fourth-order valence-electron chi connectivity index (χ4n) is 1.55. The van der Waals surface area contributed by atoms with Crippen LogP contribution in [0, 0.1) is 0 Å². The number of hydrogen-bond donors (Lipinski definition) is 1. The lowest BCUT2D eigenvalue weighted by Gasteiger charge is -1.94. The van der Waals surface area contributed by atoms with Crippen LogP contribution in [0.3, 0.4) is 0 Å². The highest BCUT2D eigenvalue weighted by Gasteiger charge is 2.02. The van der Waals surface area contributed by atoms with E-state index in [0.29, 0.717) is 6.54 Å². The molecule has 15 heavy (non-hydrogen) atoms. The molecular weight excluding hydrogens is 222 g/mol. The molecule has 0 atom stereocenters. The first-order chi connectivity index (χ1) is 7.33. The van der Waals surface area contributed by atoms with Gasteiger partial charge in [0.2, 0.25) is 0 Å². The zero-order valence-corrected chi connectivity index (χ0v) is 10.5. The molecule has 2 N–H and O–H groups in total. The molecule has 1 aromatic carbocycles. The molecule has 1 aromatic heterocycles. The Hall–Kier alpha value is -0.510. The number of thiophene rings is 1. The Kier molecular flexibility index (Phi) is 3.67. The lowest BCUT2D eigenvalue weighted by Crippen LogP contribution is -1.94. The molecule has 0 spiro atoms. The SMILES string of the molecule is CCSCc1cc2cc(CN)ccc2s1. The molecule has 0 saturated carbocycles. The lowest BCUT2D eigenvalue weighted by atomic mass is 10.2. The molecule has 2 aromatic rings. The molecule has 80 valence electrons. The van der Waals surface area contributed by atoms with Crippen molar-refractivity contribution in [2.75, 3.05) is 5.75 Å².